The summed E-state index contributed by atoms with van der Waals surface area (Å²) in [7, 11) is 0. The third-order valence-electron chi connectivity index (χ3n) is 9.11. The van der Waals surface area contributed by atoms with E-state index in [1.165, 1.54) is 0 Å². The average Bonchev–Trinajstić information content (AvgIpc) is 3.11. The molecule has 0 bridgehead atoms. The molecule has 12 heteroatoms. The van der Waals surface area contributed by atoms with Gasteiger partial charge in [0, 0.05) is 18.0 Å². The number of pyridine rings is 1. The van der Waals surface area contributed by atoms with Gasteiger partial charge in [-0.25, -0.2) is 4.79 Å². The van der Waals surface area contributed by atoms with E-state index >= 15 is 0 Å². The van der Waals surface area contributed by atoms with Gasteiger partial charge in [-0.05, 0) is 53.9 Å². The van der Waals surface area contributed by atoms with Crippen molar-refractivity contribution >= 4 is 34.7 Å². The SMILES string of the molecule is CC[C@H](C)[C@@H](CO)NC(=O)C[C@H](O)[C@H](CC(C)C)NC(=O)[C@H](CC(C)C)NC(=O)[C@H](Cc1cccc2ncccc12)NC(=O)OCc1ccccc1. The number of fused-ring (bicyclic) bond motifs is 1. The van der Waals surface area contributed by atoms with Crippen LogP contribution in [0.25, 0.3) is 10.9 Å². The van der Waals surface area contributed by atoms with Gasteiger partial charge >= 0.3 is 6.09 Å². The predicted octanol–water partition coefficient (Wildman–Crippen LogP) is 4.41. The maximum atomic E-state index is 14.0. The molecule has 0 aliphatic heterocycles. The van der Waals surface area contributed by atoms with Gasteiger partial charge in [0.05, 0.1) is 36.7 Å². The van der Waals surface area contributed by atoms with Gasteiger partial charge in [0.15, 0.2) is 0 Å². The summed E-state index contributed by atoms with van der Waals surface area (Å²) in [6, 6.07) is 15.1. The molecule has 1 aromatic heterocycles. The molecule has 0 radical (unpaired) electrons. The summed E-state index contributed by atoms with van der Waals surface area (Å²) in [6.45, 7) is 11.4. The number of ether oxygens (including phenoxy) is 1. The minimum atomic E-state index is -1.22. The second-order valence-electron chi connectivity index (χ2n) is 14.4. The molecule has 6 atom stereocenters. The minimum Gasteiger partial charge on any atom is -0.445 e. The summed E-state index contributed by atoms with van der Waals surface area (Å²) < 4.78 is 5.45. The molecule has 2 aromatic carbocycles. The van der Waals surface area contributed by atoms with Gasteiger partial charge in [0.2, 0.25) is 17.7 Å². The van der Waals surface area contributed by atoms with E-state index in [4.69, 9.17) is 4.74 Å². The Hall–Kier alpha value is -4.55. The van der Waals surface area contributed by atoms with E-state index in [1.54, 1.807) is 12.3 Å². The normalized spacial score (nSPS) is 14.9. The van der Waals surface area contributed by atoms with E-state index in [2.05, 4.69) is 26.3 Å². The Bertz CT molecular complexity index is 1580. The number of hydrogen-bond acceptors (Lipinski definition) is 8. The molecule has 0 saturated heterocycles. The largest absolute Gasteiger partial charge is 0.445 e. The first-order chi connectivity index (χ1) is 24.8. The topological polar surface area (TPSA) is 179 Å². The first kappa shape index (κ1) is 41.9. The maximum Gasteiger partial charge on any atom is 0.408 e. The fraction of sp³-hybridized carbons (Fsp3) is 0.525. The Kier molecular flexibility index (Phi) is 17.0. The summed E-state index contributed by atoms with van der Waals surface area (Å²) in [5.74, 6) is -1.43. The Morgan fingerprint density at radius 1 is 0.769 bits per heavy atom. The summed E-state index contributed by atoms with van der Waals surface area (Å²) >= 11 is 0. The monoisotopic (exact) mass is 719 g/mol. The number of nitrogens with zero attached hydrogens (tertiary/aromatic N) is 1. The number of nitrogens with one attached hydrogen (secondary N) is 4. The molecule has 284 valence electrons. The van der Waals surface area contributed by atoms with Crippen molar-refractivity contribution in [2.24, 2.45) is 17.8 Å². The fourth-order valence-electron chi connectivity index (χ4n) is 6.01. The first-order valence-electron chi connectivity index (χ1n) is 18.3. The number of aromatic nitrogens is 1. The number of aliphatic hydroxyl groups is 2. The second kappa shape index (κ2) is 21.1. The number of amides is 4. The molecule has 3 rings (SSSR count). The van der Waals surface area contributed by atoms with Crippen LogP contribution in [-0.4, -0.2) is 75.9 Å². The van der Waals surface area contributed by atoms with Crippen LogP contribution in [0.1, 0.15) is 78.4 Å². The molecular weight excluding hydrogens is 662 g/mol. The highest BCUT2D eigenvalue weighted by atomic mass is 16.5. The van der Waals surface area contributed by atoms with Crippen LogP contribution in [-0.2, 0) is 32.1 Å². The lowest BCUT2D eigenvalue weighted by Crippen LogP contribution is -2.57. The molecule has 0 unspecified atom stereocenters. The first-order valence-corrected chi connectivity index (χ1v) is 18.3. The van der Waals surface area contributed by atoms with Crippen molar-refractivity contribution in [3.8, 4) is 0 Å². The molecule has 0 saturated carbocycles. The second-order valence-corrected chi connectivity index (χ2v) is 14.4. The van der Waals surface area contributed by atoms with Crippen LogP contribution in [0.2, 0.25) is 0 Å². The van der Waals surface area contributed by atoms with Gasteiger partial charge in [-0.15, -0.1) is 0 Å². The number of aliphatic hydroxyl groups excluding tert-OH is 2. The molecule has 1 heterocycles. The van der Waals surface area contributed by atoms with Gasteiger partial charge in [-0.1, -0.05) is 96.5 Å². The van der Waals surface area contributed by atoms with Crippen molar-refractivity contribution in [1.82, 2.24) is 26.3 Å². The number of carbonyl (C=O) groups is 4. The molecule has 0 aliphatic rings. The Morgan fingerprint density at radius 2 is 1.46 bits per heavy atom. The van der Waals surface area contributed by atoms with Crippen molar-refractivity contribution in [2.45, 2.75) is 111 Å². The van der Waals surface area contributed by atoms with E-state index in [0.29, 0.717) is 6.42 Å². The Balaban J connectivity index is 1.81. The zero-order valence-electron chi connectivity index (χ0n) is 31.3. The fourth-order valence-corrected chi connectivity index (χ4v) is 6.01. The van der Waals surface area contributed by atoms with Crippen molar-refractivity contribution in [3.63, 3.8) is 0 Å². The Labute approximate surface area is 307 Å². The number of alkyl carbamates (subject to hydrolysis) is 1. The van der Waals surface area contributed by atoms with Crippen LogP contribution >= 0.6 is 0 Å². The van der Waals surface area contributed by atoms with Crippen LogP contribution in [0.4, 0.5) is 4.79 Å². The standard InChI is InChI=1S/C40H57N5O7/c1-7-27(6)35(23-46)42-37(48)22-36(47)32(19-25(2)3)43-38(49)33(20-26(4)5)44-39(50)34(45-40(51)52-24-28-13-9-8-10-14-28)21-29-15-11-17-31-30(29)16-12-18-41-31/h8-18,25-27,32-36,46-47H,7,19-24H2,1-6H3,(H,42,48)(H,43,49)(H,44,50)(H,45,51)/t27-,32-,33-,34-,35+,36-/m0/s1. The highest BCUT2D eigenvalue weighted by Crippen LogP contribution is 2.19. The molecule has 52 heavy (non-hydrogen) atoms. The molecule has 0 spiro atoms. The highest BCUT2D eigenvalue weighted by molar-refractivity contribution is 5.92. The summed E-state index contributed by atoms with van der Waals surface area (Å²) in [6.07, 6.45) is 0.910. The molecular formula is C40H57N5O7. The third kappa shape index (κ3) is 13.5. The van der Waals surface area contributed by atoms with E-state index in [1.807, 2.05) is 96.1 Å². The summed E-state index contributed by atoms with van der Waals surface area (Å²) in [4.78, 5) is 58.3. The smallest absolute Gasteiger partial charge is 0.408 e. The van der Waals surface area contributed by atoms with Gasteiger partial charge in [-0.2, -0.15) is 0 Å². The molecule has 3 aromatic rings. The number of benzene rings is 2. The van der Waals surface area contributed by atoms with E-state index in [-0.39, 0.29) is 50.2 Å². The number of carbonyl (C=O) groups excluding carboxylic acids is 4. The van der Waals surface area contributed by atoms with E-state index < -0.39 is 54.1 Å². The molecule has 12 nitrogen and oxygen atoms in total. The zero-order valence-corrected chi connectivity index (χ0v) is 31.3. The molecule has 4 amide bonds. The molecule has 6 N–H and O–H groups in total. The predicted molar refractivity (Wildman–Crippen MR) is 201 cm³/mol. The van der Waals surface area contributed by atoms with Gasteiger partial charge in [-0.3, -0.25) is 19.4 Å². The van der Waals surface area contributed by atoms with Crippen molar-refractivity contribution in [2.75, 3.05) is 6.61 Å². The average molecular weight is 720 g/mol. The highest BCUT2D eigenvalue weighted by Gasteiger charge is 2.32. The van der Waals surface area contributed by atoms with Crippen LogP contribution in [0.3, 0.4) is 0 Å². The third-order valence-corrected chi connectivity index (χ3v) is 9.11. The van der Waals surface area contributed by atoms with Crippen LogP contribution in [0.15, 0.2) is 66.9 Å². The molecule has 0 fully saturated rings. The van der Waals surface area contributed by atoms with E-state index in [9.17, 15) is 29.4 Å². The molecule has 0 aliphatic carbocycles. The summed E-state index contributed by atoms with van der Waals surface area (Å²) in [5, 5.41) is 33.0. The van der Waals surface area contributed by atoms with Gasteiger partial charge in [0.1, 0.15) is 18.7 Å². The maximum absolute atomic E-state index is 14.0. The van der Waals surface area contributed by atoms with Gasteiger partial charge < -0.3 is 36.2 Å². The minimum absolute atomic E-state index is 0.00217. The van der Waals surface area contributed by atoms with Crippen molar-refractivity contribution in [1.29, 1.82) is 0 Å². The zero-order chi connectivity index (χ0) is 38.2. The lowest BCUT2D eigenvalue weighted by Gasteiger charge is -2.30. The lowest BCUT2D eigenvalue weighted by molar-refractivity contribution is -0.132. The van der Waals surface area contributed by atoms with Crippen LogP contribution < -0.4 is 21.3 Å². The summed E-state index contributed by atoms with van der Waals surface area (Å²) in [5.41, 5.74) is 2.29. The Morgan fingerprint density at radius 3 is 2.12 bits per heavy atom. The van der Waals surface area contributed by atoms with Gasteiger partial charge in [0.25, 0.3) is 0 Å². The quantitative estimate of drug-likeness (QED) is 0.0995. The number of rotatable bonds is 20. The lowest BCUT2D eigenvalue weighted by atomic mass is 9.95. The van der Waals surface area contributed by atoms with Crippen molar-refractivity contribution in [3.05, 3.63) is 78.0 Å². The number of hydrogen-bond donors (Lipinski definition) is 6. The van der Waals surface area contributed by atoms with Crippen LogP contribution in [0.5, 0.6) is 0 Å². The van der Waals surface area contributed by atoms with E-state index in [0.717, 1.165) is 28.5 Å². The van der Waals surface area contributed by atoms with Crippen LogP contribution in [0, 0.1) is 17.8 Å². The van der Waals surface area contributed by atoms with Crippen molar-refractivity contribution < 1.29 is 34.1 Å².